The first-order valence-corrected chi connectivity index (χ1v) is 19.5. The number of carbonyl (C=O) groups is 1. The van der Waals surface area contributed by atoms with Crippen molar-refractivity contribution in [3.63, 3.8) is 0 Å². The Morgan fingerprint density at radius 1 is 0.918 bits per heavy atom. The van der Waals surface area contributed by atoms with Gasteiger partial charge in [-0.3, -0.25) is 14.2 Å². The van der Waals surface area contributed by atoms with Gasteiger partial charge in [0, 0.05) is 48.1 Å². The van der Waals surface area contributed by atoms with Gasteiger partial charge in [0.2, 0.25) is 0 Å². The predicted octanol–water partition coefficient (Wildman–Crippen LogP) is 9.50. The van der Waals surface area contributed by atoms with Crippen LogP contribution >= 0.6 is 0 Å². The number of hydrogen-bond acceptors (Lipinski definition) is 7. The molecule has 4 heterocycles. The molecule has 9 heteroatoms. The second kappa shape index (κ2) is 19.4. The normalized spacial score (nSPS) is 17.1. The molecule has 0 unspecified atom stereocenters. The second-order valence-electron chi connectivity index (χ2n) is 14.5. The smallest absolute Gasteiger partial charge is 0.306 e. The van der Waals surface area contributed by atoms with E-state index in [0.717, 1.165) is 74.1 Å². The molecule has 0 bridgehead atoms. The second-order valence-corrected chi connectivity index (χ2v) is 14.5. The van der Waals surface area contributed by atoms with Crippen LogP contribution in [0.15, 0.2) is 27.5 Å². The average Bonchev–Trinajstić information content (AvgIpc) is 3.52. The van der Waals surface area contributed by atoms with Crippen molar-refractivity contribution in [1.82, 2.24) is 19.6 Å². The number of fused-ring (bicyclic) bond motifs is 2. The number of unbranched alkanes of at least 4 members (excludes halogenated alkanes) is 13. The molecule has 2 aromatic heterocycles. The van der Waals surface area contributed by atoms with E-state index in [9.17, 15) is 14.0 Å². The molecular formula is C40H59FN4O4. The fourth-order valence-corrected chi connectivity index (χ4v) is 7.75. The maximum absolute atomic E-state index is 13.6. The van der Waals surface area contributed by atoms with Crippen molar-refractivity contribution in [2.75, 3.05) is 19.6 Å². The number of benzene rings is 1. The molecule has 0 saturated carbocycles. The number of aryl methyl sites for hydroxylation is 1. The van der Waals surface area contributed by atoms with E-state index in [4.69, 9.17) is 14.2 Å². The third kappa shape index (κ3) is 10.7. The van der Waals surface area contributed by atoms with E-state index in [1.807, 2.05) is 6.92 Å². The number of piperidine rings is 1. The summed E-state index contributed by atoms with van der Waals surface area (Å²) in [6.45, 7) is 7.37. The number of carbonyl (C=O) groups excluding carboxylic acids is 1. The van der Waals surface area contributed by atoms with Gasteiger partial charge in [-0.25, -0.2) is 9.37 Å². The minimum Gasteiger partial charge on any atom is -0.454 e. The van der Waals surface area contributed by atoms with Crippen LogP contribution in [0, 0.1) is 12.7 Å². The number of likely N-dealkylation sites (tertiary alicyclic amines) is 1. The highest BCUT2D eigenvalue weighted by molar-refractivity contribution is 5.79. The lowest BCUT2D eigenvalue weighted by molar-refractivity contribution is -0.151. The minimum atomic E-state index is -0.448. The molecule has 1 aromatic carbocycles. The number of aromatic nitrogens is 3. The van der Waals surface area contributed by atoms with E-state index in [-0.39, 0.29) is 23.3 Å². The van der Waals surface area contributed by atoms with Crippen LogP contribution in [0.1, 0.15) is 164 Å². The van der Waals surface area contributed by atoms with Crippen LogP contribution < -0.4 is 5.56 Å². The molecule has 49 heavy (non-hydrogen) atoms. The number of hydrogen-bond donors (Lipinski definition) is 0. The Bertz CT molecular complexity index is 1530. The Morgan fingerprint density at radius 3 is 2.24 bits per heavy atom. The van der Waals surface area contributed by atoms with Crippen molar-refractivity contribution < 1.29 is 18.4 Å². The number of esters is 1. The van der Waals surface area contributed by atoms with Crippen molar-refractivity contribution in [2.45, 2.75) is 161 Å². The van der Waals surface area contributed by atoms with Crippen LogP contribution in [0.2, 0.25) is 0 Å². The Morgan fingerprint density at radius 2 is 1.57 bits per heavy atom. The summed E-state index contributed by atoms with van der Waals surface area (Å²) in [6.07, 6.45) is 22.0. The maximum atomic E-state index is 13.6. The van der Waals surface area contributed by atoms with Crippen molar-refractivity contribution in [3.8, 4) is 0 Å². The van der Waals surface area contributed by atoms with Crippen LogP contribution in [0.3, 0.4) is 0 Å². The SMILES string of the molecule is CCCCCCCCCCCCCCCCC(=O)O[C@H]1CCCn2c1nc(C)c(CCN1CCC(c3noc4cc(F)ccc34)CC1)c2=O. The third-order valence-corrected chi connectivity index (χ3v) is 10.8. The summed E-state index contributed by atoms with van der Waals surface area (Å²) in [4.78, 5) is 33.6. The van der Waals surface area contributed by atoms with Crippen molar-refractivity contribution >= 4 is 16.9 Å². The van der Waals surface area contributed by atoms with Gasteiger partial charge in [-0.2, -0.15) is 0 Å². The largest absolute Gasteiger partial charge is 0.454 e. The first kappa shape index (κ1) is 37.2. The molecule has 5 rings (SSSR count). The maximum Gasteiger partial charge on any atom is 0.306 e. The molecule has 2 aliphatic rings. The van der Waals surface area contributed by atoms with Crippen molar-refractivity contribution in [3.05, 3.63) is 57.1 Å². The molecular weight excluding hydrogens is 619 g/mol. The monoisotopic (exact) mass is 678 g/mol. The molecule has 2 aliphatic heterocycles. The summed E-state index contributed by atoms with van der Waals surface area (Å²) in [5.74, 6) is 0.379. The molecule has 0 aliphatic carbocycles. The Hall–Kier alpha value is -3.07. The zero-order valence-corrected chi connectivity index (χ0v) is 30.2. The molecule has 0 radical (unpaired) electrons. The van der Waals surface area contributed by atoms with Gasteiger partial charge in [0.15, 0.2) is 17.5 Å². The molecule has 270 valence electrons. The van der Waals surface area contributed by atoms with Crippen LogP contribution in [0.4, 0.5) is 4.39 Å². The number of halogens is 1. The van der Waals surface area contributed by atoms with Gasteiger partial charge in [-0.1, -0.05) is 95.6 Å². The van der Waals surface area contributed by atoms with Crippen LogP contribution in [0.5, 0.6) is 0 Å². The van der Waals surface area contributed by atoms with Gasteiger partial charge in [-0.15, -0.1) is 0 Å². The summed E-state index contributed by atoms with van der Waals surface area (Å²) in [6, 6.07) is 4.61. The van der Waals surface area contributed by atoms with Crippen LogP contribution in [0.25, 0.3) is 11.0 Å². The topological polar surface area (TPSA) is 90.5 Å². The first-order valence-electron chi connectivity index (χ1n) is 19.5. The van der Waals surface area contributed by atoms with Gasteiger partial charge >= 0.3 is 5.97 Å². The minimum absolute atomic E-state index is 0.00593. The lowest BCUT2D eigenvalue weighted by Gasteiger charge is -2.31. The zero-order chi connectivity index (χ0) is 34.4. The fraction of sp³-hybridized carbons (Fsp3) is 0.700. The Labute approximate surface area is 292 Å². The number of rotatable bonds is 20. The summed E-state index contributed by atoms with van der Waals surface area (Å²) < 4.78 is 26.6. The Kier molecular flexibility index (Phi) is 14.7. The first-order chi connectivity index (χ1) is 23.9. The summed E-state index contributed by atoms with van der Waals surface area (Å²) in [5.41, 5.74) is 2.91. The highest BCUT2D eigenvalue weighted by Gasteiger charge is 2.29. The zero-order valence-electron chi connectivity index (χ0n) is 30.2. The highest BCUT2D eigenvalue weighted by atomic mass is 19.1. The quantitative estimate of drug-likeness (QED) is 0.0869. The van der Waals surface area contributed by atoms with E-state index in [1.54, 1.807) is 10.6 Å². The Balaban J connectivity index is 0.998. The fourth-order valence-electron chi connectivity index (χ4n) is 7.75. The van der Waals surface area contributed by atoms with E-state index in [0.29, 0.717) is 37.2 Å². The highest BCUT2D eigenvalue weighted by Crippen LogP contribution is 2.33. The van der Waals surface area contributed by atoms with Gasteiger partial charge in [0.25, 0.3) is 5.56 Å². The standard InChI is InChI=1S/C40H59FN4O4/c1-3-4-5-6-7-8-9-10-11-12-13-14-15-16-19-37(46)48-35-18-17-25-45-39(35)42-30(2)33(40(45)47)24-28-44-26-22-31(23-27-44)38-34-21-20-32(41)29-36(34)49-43-38/h20-21,29,31,35H,3-19,22-28H2,1-2H3/t35-/m0/s1. The van der Waals surface area contributed by atoms with Gasteiger partial charge in [0.1, 0.15) is 5.82 Å². The third-order valence-electron chi connectivity index (χ3n) is 10.8. The molecule has 1 saturated heterocycles. The van der Waals surface area contributed by atoms with E-state index in [1.165, 1.54) is 89.2 Å². The molecule has 1 atom stereocenters. The van der Waals surface area contributed by atoms with Crippen molar-refractivity contribution in [2.24, 2.45) is 0 Å². The molecule has 0 N–H and O–H groups in total. The summed E-state index contributed by atoms with van der Waals surface area (Å²) in [7, 11) is 0. The average molecular weight is 679 g/mol. The summed E-state index contributed by atoms with van der Waals surface area (Å²) >= 11 is 0. The van der Waals surface area contributed by atoms with Gasteiger partial charge in [0.05, 0.1) is 5.69 Å². The summed E-state index contributed by atoms with van der Waals surface area (Å²) in [5, 5.41) is 5.16. The lowest BCUT2D eigenvalue weighted by Crippen LogP contribution is -2.38. The number of nitrogens with zero attached hydrogens (tertiary/aromatic N) is 4. The molecule has 0 amide bonds. The van der Waals surface area contributed by atoms with Crippen LogP contribution in [-0.4, -0.2) is 45.2 Å². The molecule has 3 aromatic rings. The van der Waals surface area contributed by atoms with Crippen molar-refractivity contribution in [1.29, 1.82) is 0 Å². The van der Waals surface area contributed by atoms with E-state index in [2.05, 4.69) is 17.0 Å². The van der Waals surface area contributed by atoms with Gasteiger partial charge < -0.3 is 14.2 Å². The predicted molar refractivity (Wildman–Crippen MR) is 192 cm³/mol. The number of ether oxygens (including phenoxy) is 1. The molecule has 1 fully saturated rings. The van der Waals surface area contributed by atoms with E-state index >= 15 is 0 Å². The lowest BCUT2D eigenvalue weighted by atomic mass is 9.91. The molecule has 0 spiro atoms. The van der Waals surface area contributed by atoms with Crippen LogP contribution in [-0.2, 0) is 22.5 Å². The van der Waals surface area contributed by atoms with E-state index < -0.39 is 6.10 Å². The van der Waals surface area contributed by atoms with Gasteiger partial charge in [-0.05, 0) is 70.7 Å². The molecule has 8 nitrogen and oxygen atoms in total.